The molecule has 1 nitrogen and oxygen atoms in total. The number of rotatable bonds is 4. The lowest BCUT2D eigenvalue weighted by Gasteiger charge is -2.04. The van der Waals surface area contributed by atoms with Crippen molar-refractivity contribution in [3.05, 3.63) is 0 Å². The molecular weight excluding hydrogens is 177 g/mol. The van der Waals surface area contributed by atoms with Gasteiger partial charge in [-0.3, -0.25) is 4.21 Å². The first-order valence-corrected chi connectivity index (χ1v) is 4.86. The molecule has 11 heavy (non-hydrogen) atoms. The molecule has 0 radical (unpaired) electrons. The summed E-state index contributed by atoms with van der Waals surface area (Å²) >= 11 is 0. The first kappa shape index (κ1) is 10.9. The Morgan fingerprint density at radius 1 is 1.27 bits per heavy atom. The minimum atomic E-state index is -4.16. The molecule has 0 N–H and O–H groups in total. The van der Waals surface area contributed by atoms with Crippen molar-refractivity contribution >= 4 is 10.8 Å². The van der Waals surface area contributed by atoms with Crippen molar-refractivity contribution in [1.82, 2.24) is 0 Å². The van der Waals surface area contributed by atoms with Crippen LogP contribution in [0.15, 0.2) is 0 Å². The maximum Gasteiger partial charge on any atom is 0.390 e. The van der Waals surface area contributed by atoms with Crippen molar-refractivity contribution in [2.45, 2.75) is 25.9 Å². The van der Waals surface area contributed by atoms with Crippen LogP contribution in [0.25, 0.3) is 0 Å². The predicted molar refractivity (Wildman–Crippen MR) is 38.8 cm³/mol. The van der Waals surface area contributed by atoms with Gasteiger partial charge in [0.05, 0.1) is 6.42 Å². The molecule has 0 spiro atoms. The highest BCUT2D eigenvalue weighted by molar-refractivity contribution is 7.84. The summed E-state index contributed by atoms with van der Waals surface area (Å²) < 4.78 is 45.3. The summed E-state index contributed by atoms with van der Waals surface area (Å²) in [5, 5.41) is 0. The second-order valence-electron chi connectivity index (χ2n) is 2.21. The minimum absolute atomic E-state index is 0.253. The monoisotopic (exact) mass is 188 g/mol. The molecule has 1 atom stereocenters. The maximum absolute atomic E-state index is 11.5. The van der Waals surface area contributed by atoms with Gasteiger partial charge in [-0.15, -0.1) is 0 Å². The van der Waals surface area contributed by atoms with Gasteiger partial charge in [-0.05, 0) is 6.42 Å². The zero-order chi connectivity index (χ0) is 8.91. The Morgan fingerprint density at radius 3 is 2.18 bits per heavy atom. The highest BCUT2D eigenvalue weighted by Crippen LogP contribution is 2.19. The Labute approximate surface area is 66.4 Å². The quantitative estimate of drug-likeness (QED) is 0.660. The van der Waals surface area contributed by atoms with E-state index in [1.807, 2.05) is 0 Å². The lowest BCUT2D eigenvalue weighted by Crippen LogP contribution is -2.13. The summed E-state index contributed by atoms with van der Waals surface area (Å²) in [7, 11) is -1.29. The number of hydrogen-bond acceptors (Lipinski definition) is 1. The Morgan fingerprint density at radius 2 is 1.82 bits per heavy atom. The Kier molecular flexibility index (Phi) is 4.72. The molecule has 0 saturated heterocycles. The van der Waals surface area contributed by atoms with Crippen molar-refractivity contribution in [3.63, 3.8) is 0 Å². The average molecular weight is 188 g/mol. The average Bonchev–Trinajstić information content (AvgIpc) is 1.83. The van der Waals surface area contributed by atoms with Crippen LogP contribution in [0.2, 0.25) is 0 Å². The minimum Gasteiger partial charge on any atom is -0.260 e. The van der Waals surface area contributed by atoms with Gasteiger partial charge < -0.3 is 0 Å². The van der Waals surface area contributed by atoms with E-state index in [-0.39, 0.29) is 5.75 Å². The van der Waals surface area contributed by atoms with Crippen LogP contribution in [0, 0.1) is 0 Å². The van der Waals surface area contributed by atoms with Crippen LogP contribution in [0.1, 0.15) is 19.8 Å². The van der Waals surface area contributed by atoms with E-state index in [2.05, 4.69) is 0 Å². The van der Waals surface area contributed by atoms with Gasteiger partial charge in [0.25, 0.3) is 0 Å². The van der Waals surface area contributed by atoms with Crippen LogP contribution in [0.3, 0.4) is 0 Å². The summed E-state index contributed by atoms with van der Waals surface area (Å²) in [6.45, 7) is 1.80. The first-order chi connectivity index (χ1) is 4.95. The smallest absolute Gasteiger partial charge is 0.260 e. The molecule has 0 bridgehead atoms. The summed E-state index contributed by atoms with van der Waals surface area (Å²) in [6.07, 6.45) is -4.42. The molecule has 0 amide bonds. The van der Waals surface area contributed by atoms with Crippen molar-refractivity contribution in [2.75, 3.05) is 11.5 Å². The summed E-state index contributed by atoms with van der Waals surface area (Å²) in [4.78, 5) is 0. The molecule has 0 aliphatic rings. The largest absolute Gasteiger partial charge is 0.390 e. The maximum atomic E-state index is 11.5. The lowest BCUT2D eigenvalue weighted by molar-refractivity contribution is -0.129. The van der Waals surface area contributed by atoms with Gasteiger partial charge in [0, 0.05) is 22.3 Å². The lowest BCUT2D eigenvalue weighted by atomic mass is 10.5. The Balaban J connectivity index is 3.46. The Bertz CT molecular complexity index is 132. The van der Waals surface area contributed by atoms with Crippen LogP contribution in [-0.4, -0.2) is 21.9 Å². The van der Waals surface area contributed by atoms with E-state index in [1.165, 1.54) is 0 Å². The number of alkyl halides is 3. The molecule has 0 fully saturated rings. The molecule has 0 aromatic rings. The molecule has 1 unspecified atom stereocenters. The standard InChI is InChI=1S/C6H11F3OS/c1-2-4-11(10)5-3-6(7,8)9/h2-5H2,1H3. The third kappa shape index (κ3) is 7.84. The predicted octanol–water partition coefficient (Wildman–Crippen LogP) is 2.10. The first-order valence-electron chi connectivity index (χ1n) is 3.37. The van der Waals surface area contributed by atoms with E-state index in [1.54, 1.807) is 6.92 Å². The van der Waals surface area contributed by atoms with Gasteiger partial charge in [-0.2, -0.15) is 13.2 Å². The van der Waals surface area contributed by atoms with Crippen LogP contribution < -0.4 is 0 Å². The number of hydrogen-bond donors (Lipinski definition) is 0. The molecule has 5 heteroatoms. The highest BCUT2D eigenvalue weighted by atomic mass is 32.2. The fourth-order valence-corrected chi connectivity index (χ4v) is 1.68. The topological polar surface area (TPSA) is 17.1 Å². The molecule has 0 aromatic heterocycles. The molecule has 0 rings (SSSR count). The van der Waals surface area contributed by atoms with Crippen molar-refractivity contribution in [2.24, 2.45) is 0 Å². The summed E-state index contributed by atoms with van der Waals surface area (Å²) in [5.41, 5.74) is 0. The van der Waals surface area contributed by atoms with E-state index in [0.29, 0.717) is 12.2 Å². The van der Waals surface area contributed by atoms with Gasteiger partial charge in [-0.25, -0.2) is 0 Å². The fourth-order valence-electron chi connectivity index (χ4n) is 0.559. The van der Waals surface area contributed by atoms with Gasteiger partial charge in [0.2, 0.25) is 0 Å². The zero-order valence-corrected chi connectivity index (χ0v) is 7.10. The second kappa shape index (κ2) is 4.74. The van der Waals surface area contributed by atoms with Crippen LogP contribution in [-0.2, 0) is 10.8 Å². The van der Waals surface area contributed by atoms with Gasteiger partial charge in [0.1, 0.15) is 0 Å². The third-order valence-electron chi connectivity index (χ3n) is 1.05. The summed E-state index contributed by atoms with van der Waals surface area (Å²) in [5.74, 6) is 0.118. The van der Waals surface area contributed by atoms with Crippen molar-refractivity contribution in [3.8, 4) is 0 Å². The highest BCUT2D eigenvalue weighted by Gasteiger charge is 2.27. The van der Waals surface area contributed by atoms with Gasteiger partial charge in [0.15, 0.2) is 0 Å². The van der Waals surface area contributed by atoms with Crippen LogP contribution >= 0.6 is 0 Å². The Hall–Kier alpha value is -0.0600. The molecule has 0 aliphatic carbocycles. The molecule has 0 heterocycles. The molecule has 68 valence electrons. The van der Waals surface area contributed by atoms with E-state index < -0.39 is 23.4 Å². The van der Waals surface area contributed by atoms with Crippen LogP contribution in [0.5, 0.6) is 0 Å². The summed E-state index contributed by atoms with van der Waals surface area (Å²) in [6, 6.07) is 0. The van der Waals surface area contributed by atoms with E-state index in [4.69, 9.17) is 0 Å². The third-order valence-corrected chi connectivity index (χ3v) is 2.57. The van der Waals surface area contributed by atoms with Crippen LogP contribution in [0.4, 0.5) is 13.2 Å². The van der Waals surface area contributed by atoms with Crippen molar-refractivity contribution < 1.29 is 17.4 Å². The van der Waals surface area contributed by atoms with Gasteiger partial charge >= 0.3 is 6.18 Å². The van der Waals surface area contributed by atoms with E-state index in [0.717, 1.165) is 0 Å². The molecule has 0 aliphatic heterocycles. The van der Waals surface area contributed by atoms with Gasteiger partial charge in [-0.1, -0.05) is 6.92 Å². The van der Waals surface area contributed by atoms with Crippen molar-refractivity contribution in [1.29, 1.82) is 0 Å². The zero-order valence-electron chi connectivity index (χ0n) is 6.28. The molecule has 0 saturated carbocycles. The molecular formula is C6H11F3OS. The van der Waals surface area contributed by atoms with E-state index >= 15 is 0 Å². The fraction of sp³-hybridized carbons (Fsp3) is 1.00. The van der Waals surface area contributed by atoms with E-state index in [9.17, 15) is 17.4 Å². The number of halogens is 3. The second-order valence-corrected chi connectivity index (χ2v) is 3.91. The SMILES string of the molecule is CCCS(=O)CCC(F)(F)F. The normalized spacial score (nSPS) is 14.9. The molecule has 0 aromatic carbocycles.